The Labute approximate surface area is 507 Å². The van der Waals surface area contributed by atoms with Crippen molar-refractivity contribution in [1.29, 1.82) is 21.0 Å². The van der Waals surface area contributed by atoms with Crippen molar-refractivity contribution in [3.8, 4) is 63.8 Å². The second-order valence-electron chi connectivity index (χ2n) is 22.8. The maximum Gasteiger partial charge on any atom is 0.104 e. The highest BCUT2D eigenvalue weighted by atomic mass is 15.0. The van der Waals surface area contributed by atoms with Crippen LogP contribution in [0.5, 0.6) is 0 Å². The first-order valence-electron chi connectivity index (χ1n) is 29.5. The standard InChI is InChI=1S/C80H43N9/c81-44-48-37-75(63(47-84)76(38-48)88-68-31-15-10-25-60(68)80-72(88)36-35-71-79(80)59-24-9-13-29-66(59)85(71)54-19-2-1-3-20-54)87-67-30-14-8-23-58(67)78-55(26-16-32-70(78)87)51-33-34-69-61(41-51)56-21-6-11-27-64(56)86(69)73-43-74(53(46-83)39-52(73)45-82)89-65-28-12-7-22-57(65)62-40-49-17-4-5-18-50(49)42-77(62)89/h1-43H. The van der Waals surface area contributed by atoms with E-state index in [1.807, 2.05) is 66.7 Å². The number of hydrogen-bond acceptors (Lipinski definition) is 4. The van der Waals surface area contributed by atoms with E-state index in [-0.39, 0.29) is 0 Å². The molecule has 0 saturated heterocycles. The number of para-hydroxylation sites is 6. The summed E-state index contributed by atoms with van der Waals surface area (Å²) in [6, 6.07) is 99.9. The molecular formula is C80H43N9. The van der Waals surface area contributed by atoms with Crippen molar-refractivity contribution in [3.05, 3.63) is 283 Å². The van der Waals surface area contributed by atoms with E-state index in [2.05, 4.69) is 235 Å². The molecule has 0 saturated carbocycles. The van der Waals surface area contributed by atoms with Gasteiger partial charge in [-0.3, -0.25) is 0 Å². The van der Waals surface area contributed by atoms with Gasteiger partial charge in [0.25, 0.3) is 0 Å². The van der Waals surface area contributed by atoms with Crippen molar-refractivity contribution in [2.45, 2.75) is 0 Å². The fraction of sp³-hybridized carbons (Fsp3) is 0. The molecule has 0 spiro atoms. The van der Waals surface area contributed by atoms with Crippen LogP contribution in [0.1, 0.15) is 22.3 Å². The van der Waals surface area contributed by atoms with Gasteiger partial charge in [0.1, 0.15) is 23.8 Å². The van der Waals surface area contributed by atoms with Crippen LogP contribution < -0.4 is 0 Å². The SMILES string of the molecule is N#Cc1cc(-n2c3ccccc3c3c(-c4ccc5c(c4)c4ccccc4n5-c4cc(-n5c6ccccc6c6cc7ccccc7cc65)c(C#N)cc4C#N)cccc32)c(C#N)c(-n2c3ccccc3c3c4c5ccccc5n(-c5ccccc5)c4ccc32)c1. The molecular weight excluding hydrogens is 1090 g/mol. The van der Waals surface area contributed by atoms with Gasteiger partial charge < -0.3 is 22.8 Å². The topological polar surface area (TPSA) is 120 Å². The van der Waals surface area contributed by atoms with Crippen LogP contribution in [0.25, 0.3) is 159 Å². The molecule has 0 fully saturated rings. The molecule has 9 nitrogen and oxygen atoms in total. The summed E-state index contributed by atoms with van der Waals surface area (Å²) >= 11 is 0. The van der Waals surface area contributed by atoms with Gasteiger partial charge in [0, 0.05) is 59.5 Å². The van der Waals surface area contributed by atoms with Gasteiger partial charge in [-0.2, -0.15) is 21.0 Å². The van der Waals surface area contributed by atoms with Gasteiger partial charge in [0.2, 0.25) is 0 Å². The van der Waals surface area contributed by atoms with E-state index in [1.165, 1.54) is 0 Å². The fourth-order valence-corrected chi connectivity index (χ4v) is 14.7. The maximum absolute atomic E-state index is 11.7. The minimum Gasteiger partial charge on any atom is -0.309 e. The lowest BCUT2D eigenvalue weighted by molar-refractivity contribution is 1.11. The number of hydrogen-bond donors (Lipinski definition) is 0. The molecule has 0 N–H and O–H groups in total. The Kier molecular flexibility index (Phi) is 10.5. The van der Waals surface area contributed by atoms with Gasteiger partial charge in [0.05, 0.1) is 101 Å². The molecule has 0 radical (unpaired) electrons. The summed E-state index contributed by atoms with van der Waals surface area (Å²) in [5, 5.41) is 57.4. The van der Waals surface area contributed by atoms with Crippen molar-refractivity contribution >= 4 is 120 Å². The van der Waals surface area contributed by atoms with Gasteiger partial charge in [0.15, 0.2) is 0 Å². The predicted molar refractivity (Wildman–Crippen MR) is 360 cm³/mol. The number of nitrogens with zero attached hydrogens (tertiary/aromatic N) is 9. The Hall–Kier alpha value is -12.9. The van der Waals surface area contributed by atoms with Crippen LogP contribution in [0.2, 0.25) is 0 Å². The first kappa shape index (κ1) is 49.5. The van der Waals surface area contributed by atoms with Gasteiger partial charge in [-0.25, -0.2) is 0 Å². The number of nitriles is 4. The molecule has 18 rings (SSSR count). The second-order valence-corrected chi connectivity index (χ2v) is 22.8. The highest BCUT2D eigenvalue weighted by molar-refractivity contribution is 6.29. The minimum atomic E-state index is 0.379. The zero-order valence-corrected chi connectivity index (χ0v) is 47.4. The van der Waals surface area contributed by atoms with Crippen molar-refractivity contribution in [1.82, 2.24) is 22.8 Å². The van der Waals surface area contributed by atoms with Crippen LogP contribution in [-0.2, 0) is 0 Å². The van der Waals surface area contributed by atoms with Gasteiger partial charge in [-0.1, -0.05) is 152 Å². The lowest BCUT2D eigenvalue weighted by atomic mass is 9.98. The summed E-state index contributed by atoms with van der Waals surface area (Å²) in [6.45, 7) is 0. The van der Waals surface area contributed by atoms with E-state index in [4.69, 9.17) is 0 Å². The molecule has 0 aliphatic carbocycles. The molecule has 0 aliphatic rings. The van der Waals surface area contributed by atoms with E-state index in [1.54, 1.807) is 6.07 Å². The third-order valence-electron chi connectivity index (χ3n) is 18.4. The van der Waals surface area contributed by atoms with Crippen molar-refractivity contribution in [3.63, 3.8) is 0 Å². The molecule has 0 unspecified atom stereocenters. The van der Waals surface area contributed by atoms with E-state index >= 15 is 0 Å². The molecule has 0 amide bonds. The van der Waals surface area contributed by atoms with Crippen LogP contribution in [0, 0.1) is 45.3 Å². The van der Waals surface area contributed by atoms with E-state index in [9.17, 15) is 21.0 Å². The van der Waals surface area contributed by atoms with E-state index < -0.39 is 0 Å². The minimum absolute atomic E-state index is 0.379. The number of benzene rings is 13. The number of aromatic nitrogens is 5. The Morgan fingerprint density at radius 2 is 0.674 bits per heavy atom. The van der Waals surface area contributed by atoms with Crippen LogP contribution in [0.4, 0.5) is 0 Å². The van der Waals surface area contributed by atoms with E-state index in [0.717, 1.165) is 137 Å². The van der Waals surface area contributed by atoms with Gasteiger partial charge in [-0.05, 0) is 131 Å². The van der Waals surface area contributed by atoms with Crippen molar-refractivity contribution < 1.29 is 0 Å². The highest BCUT2D eigenvalue weighted by Crippen LogP contribution is 2.47. The second kappa shape index (κ2) is 18.8. The summed E-state index contributed by atoms with van der Waals surface area (Å²) < 4.78 is 11.0. The molecule has 408 valence electrons. The van der Waals surface area contributed by atoms with Crippen molar-refractivity contribution in [2.24, 2.45) is 0 Å². The average Bonchev–Trinajstić information content (AvgIpc) is 1.59. The lowest BCUT2D eigenvalue weighted by Crippen LogP contribution is -2.05. The molecule has 0 bridgehead atoms. The largest absolute Gasteiger partial charge is 0.309 e. The zero-order valence-electron chi connectivity index (χ0n) is 47.4. The normalized spacial score (nSPS) is 11.8. The Balaban J connectivity index is 0.839. The monoisotopic (exact) mass is 1130 g/mol. The average molecular weight is 1130 g/mol. The maximum atomic E-state index is 11.7. The summed E-state index contributed by atoms with van der Waals surface area (Å²) in [5.41, 5.74) is 16.7. The first-order chi connectivity index (χ1) is 44.0. The number of rotatable bonds is 6. The molecule has 5 heterocycles. The summed E-state index contributed by atoms with van der Waals surface area (Å²) in [6.07, 6.45) is 0. The van der Waals surface area contributed by atoms with Crippen molar-refractivity contribution in [2.75, 3.05) is 0 Å². The Bertz CT molecular complexity index is 6350. The van der Waals surface area contributed by atoms with Crippen LogP contribution in [0.3, 0.4) is 0 Å². The van der Waals surface area contributed by atoms with Crippen LogP contribution in [0.15, 0.2) is 261 Å². The number of fused-ring (bicyclic) bond motifs is 17. The van der Waals surface area contributed by atoms with Crippen LogP contribution in [-0.4, -0.2) is 22.8 Å². The molecule has 89 heavy (non-hydrogen) atoms. The summed E-state index contributed by atoms with van der Waals surface area (Å²) in [4.78, 5) is 0. The fourth-order valence-electron chi connectivity index (χ4n) is 14.7. The van der Waals surface area contributed by atoms with Gasteiger partial charge >= 0.3 is 0 Å². The third-order valence-corrected chi connectivity index (χ3v) is 18.4. The molecule has 0 atom stereocenters. The van der Waals surface area contributed by atoms with Crippen LogP contribution >= 0.6 is 0 Å². The molecule has 0 aliphatic heterocycles. The highest BCUT2D eigenvalue weighted by Gasteiger charge is 2.27. The Morgan fingerprint density at radius 3 is 1.25 bits per heavy atom. The quantitative estimate of drug-likeness (QED) is 0.165. The molecule has 5 aromatic heterocycles. The lowest BCUT2D eigenvalue weighted by Gasteiger charge is -2.17. The molecule has 13 aromatic carbocycles. The van der Waals surface area contributed by atoms with Gasteiger partial charge in [-0.15, -0.1) is 0 Å². The zero-order chi connectivity index (χ0) is 59.2. The Morgan fingerprint density at radius 1 is 0.247 bits per heavy atom. The van der Waals surface area contributed by atoms with E-state index in [0.29, 0.717) is 45.0 Å². The molecule has 9 heteroatoms. The predicted octanol–water partition coefficient (Wildman–Crippen LogP) is 19.5. The smallest absolute Gasteiger partial charge is 0.104 e. The summed E-state index contributed by atoms with van der Waals surface area (Å²) in [7, 11) is 0. The third kappa shape index (κ3) is 6.90. The molecule has 18 aromatic rings. The first-order valence-corrected chi connectivity index (χ1v) is 29.5. The summed E-state index contributed by atoms with van der Waals surface area (Å²) in [5.74, 6) is 0.